The summed E-state index contributed by atoms with van der Waals surface area (Å²) in [6.45, 7) is 4.62. The van der Waals surface area contributed by atoms with Crippen molar-refractivity contribution in [3.63, 3.8) is 0 Å². The van der Waals surface area contributed by atoms with E-state index in [1.807, 2.05) is 0 Å². The molecule has 88 valence electrons. The fraction of sp³-hybridized carbons (Fsp3) is 0.571. The van der Waals surface area contributed by atoms with Crippen molar-refractivity contribution in [2.24, 2.45) is 0 Å². The lowest BCUT2D eigenvalue weighted by atomic mass is 9.88. The Hall–Kier alpha value is -1.02. The van der Waals surface area contributed by atoms with Crippen LogP contribution in [0.1, 0.15) is 29.9 Å². The van der Waals surface area contributed by atoms with Gasteiger partial charge in [0.05, 0.1) is 7.11 Å². The Morgan fingerprint density at radius 2 is 2.19 bits per heavy atom. The van der Waals surface area contributed by atoms with Crippen LogP contribution < -0.4 is 4.74 Å². The molecule has 0 saturated carbocycles. The van der Waals surface area contributed by atoms with Crippen LogP contribution in [0, 0.1) is 6.92 Å². The fourth-order valence-corrected chi connectivity index (χ4v) is 2.65. The van der Waals surface area contributed by atoms with E-state index in [0.717, 1.165) is 5.75 Å². The van der Waals surface area contributed by atoms with Crippen LogP contribution in [0.3, 0.4) is 0 Å². The summed E-state index contributed by atoms with van der Waals surface area (Å²) in [5.41, 5.74) is 2.85. The second-order valence-electron chi connectivity index (χ2n) is 4.82. The quantitative estimate of drug-likeness (QED) is 0.758. The number of likely N-dealkylation sites (tertiary alicyclic amines) is 1. The number of piperidine rings is 1. The number of nitrogens with zero attached hydrogens (tertiary/aromatic N) is 1. The molecule has 1 unspecified atom stereocenters. The number of rotatable bonds is 2. The van der Waals surface area contributed by atoms with E-state index in [1.54, 1.807) is 7.11 Å². The molecule has 0 aromatic heterocycles. The lowest BCUT2D eigenvalue weighted by Gasteiger charge is -2.30. The normalized spacial score (nSPS) is 22.1. The Labute approximate surface area is 98.2 Å². The number of likely N-dealkylation sites (N-methyl/N-ethyl adjacent to an activating group) is 1. The molecule has 1 heterocycles. The molecule has 0 aliphatic carbocycles. The lowest BCUT2D eigenvalue weighted by Crippen LogP contribution is -2.31. The molecular formula is C14H21NO. The summed E-state index contributed by atoms with van der Waals surface area (Å²) in [4.78, 5) is 2.43. The van der Waals surface area contributed by atoms with Gasteiger partial charge in [0.1, 0.15) is 5.75 Å². The second-order valence-corrected chi connectivity index (χ2v) is 4.82. The predicted octanol–water partition coefficient (Wildman–Crippen LogP) is 2.81. The van der Waals surface area contributed by atoms with Crippen LogP contribution in [0.2, 0.25) is 0 Å². The zero-order valence-electron chi connectivity index (χ0n) is 10.5. The minimum absolute atomic E-state index is 0.699. The van der Waals surface area contributed by atoms with Gasteiger partial charge in [-0.3, -0.25) is 0 Å². The van der Waals surface area contributed by atoms with Crippen molar-refractivity contribution in [2.45, 2.75) is 25.7 Å². The molecule has 1 aromatic carbocycles. The third-order valence-electron chi connectivity index (χ3n) is 3.54. The lowest BCUT2D eigenvalue weighted by molar-refractivity contribution is 0.250. The van der Waals surface area contributed by atoms with Gasteiger partial charge in [0.15, 0.2) is 0 Å². The molecule has 0 spiro atoms. The van der Waals surface area contributed by atoms with Crippen LogP contribution in [-0.2, 0) is 0 Å². The number of hydrogen-bond acceptors (Lipinski definition) is 2. The number of ether oxygens (including phenoxy) is 1. The minimum Gasteiger partial charge on any atom is -0.497 e. The van der Waals surface area contributed by atoms with E-state index in [1.165, 1.54) is 37.1 Å². The Balaban J connectivity index is 2.19. The van der Waals surface area contributed by atoms with E-state index < -0.39 is 0 Å². The summed E-state index contributed by atoms with van der Waals surface area (Å²) in [6.07, 6.45) is 2.63. The molecule has 1 atom stereocenters. The Bertz CT molecular complexity index is 362. The van der Waals surface area contributed by atoms with Gasteiger partial charge in [-0.05, 0) is 62.5 Å². The Morgan fingerprint density at radius 1 is 1.38 bits per heavy atom. The first-order chi connectivity index (χ1) is 7.70. The molecular weight excluding hydrogens is 198 g/mol. The zero-order valence-corrected chi connectivity index (χ0v) is 10.5. The highest BCUT2D eigenvalue weighted by Crippen LogP contribution is 2.30. The van der Waals surface area contributed by atoms with Crippen molar-refractivity contribution in [2.75, 3.05) is 27.2 Å². The van der Waals surface area contributed by atoms with Gasteiger partial charge in [-0.15, -0.1) is 0 Å². The molecule has 2 heteroatoms. The van der Waals surface area contributed by atoms with E-state index in [2.05, 4.69) is 37.1 Å². The third-order valence-corrected chi connectivity index (χ3v) is 3.54. The van der Waals surface area contributed by atoms with Crippen molar-refractivity contribution in [1.82, 2.24) is 4.90 Å². The average molecular weight is 219 g/mol. The molecule has 16 heavy (non-hydrogen) atoms. The Kier molecular flexibility index (Phi) is 3.49. The van der Waals surface area contributed by atoms with Crippen LogP contribution in [-0.4, -0.2) is 32.1 Å². The van der Waals surface area contributed by atoms with Gasteiger partial charge in [-0.25, -0.2) is 0 Å². The molecule has 0 bridgehead atoms. The van der Waals surface area contributed by atoms with Crippen LogP contribution in [0.4, 0.5) is 0 Å². The zero-order chi connectivity index (χ0) is 11.5. The van der Waals surface area contributed by atoms with Crippen molar-refractivity contribution in [1.29, 1.82) is 0 Å². The van der Waals surface area contributed by atoms with Crippen LogP contribution in [0.25, 0.3) is 0 Å². The summed E-state index contributed by atoms with van der Waals surface area (Å²) in [7, 11) is 3.94. The predicted molar refractivity (Wildman–Crippen MR) is 67.2 cm³/mol. The highest BCUT2D eigenvalue weighted by atomic mass is 16.5. The SMILES string of the molecule is COc1ccc(C2CCCN(C)C2)c(C)c1. The maximum absolute atomic E-state index is 5.25. The first kappa shape index (κ1) is 11.5. The highest BCUT2D eigenvalue weighted by molar-refractivity contribution is 5.37. The molecule has 0 radical (unpaired) electrons. The monoisotopic (exact) mass is 219 g/mol. The topological polar surface area (TPSA) is 12.5 Å². The van der Waals surface area contributed by atoms with Crippen LogP contribution in [0.5, 0.6) is 5.75 Å². The summed E-state index contributed by atoms with van der Waals surface area (Å²) in [5.74, 6) is 1.66. The van der Waals surface area contributed by atoms with E-state index in [0.29, 0.717) is 5.92 Å². The van der Waals surface area contributed by atoms with Crippen LogP contribution in [0.15, 0.2) is 18.2 Å². The average Bonchev–Trinajstić information content (AvgIpc) is 2.28. The van der Waals surface area contributed by atoms with Gasteiger partial charge in [0.2, 0.25) is 0 Å². The third kappa shape index (κ3) is 2.38. The summed E-state index contributed by atoms with van der Waals surface area (Å²) < 4.78 is 5.25. The van der Waals surface area contributed by atoms with Crippen LogP contribution >= 0.6 is 0 Å². The molecule has 1 aliphatic rings. The van der Waals surface area contributed by atoms with E-state index >= 15 is 0 Å². The van der Waals surface area contributed by atoms with E-state index in [4.69, 9.17) is 4.74 Å². The Morgan fingerprint density at radius 3 is 2.81 bits per heavy atom. The molecule has 1 aliphatic heterocycles. The number of methoxy groups -OCH3 is 1. The maximum Gasteiger partial charge on any atom is 0.119 e. The van der Waals surface area contributed by atoms with Gasteiger partial charge in [-0.1, -0.05) is 6.07 Å². The van der Waals surface area contributed by atoms with Gasteiger partial charge >= 0.3 is 0 Å². The molecule has 1 fully saturated rings. The standard InChI is InChI=1S/C14H21NO/c1-11-9-13(16-3)6-7-14(11)12-5-4-8-15(2)10-12/h6-7,9,12H,4-5,8,10H2,1-3H3. The van der Waals surface area contributed by atoms with Crippen molar-refractivity contribution in [3.05, 3.63) is 29.3 Å². The number of benzene rings is 1. The fourth-order valence-electron chi connectivity index (χ4n) is 2.65. The summed E-state index contributed by atoms with van der Waals surface area (Å²) in [5, 5.41) is 0. The van der Waals surface area contributed by atoms with Gasteiger partial charge in [0, 0.05) is 6.54 Å². The first-order valence-electron chi connectivity index (χ1n) is 6.04. The molecule has 0 amide bonds. The summed E-state index contributed by atoms with van der Waals surface area (Å²) in [6, 6.07) is 6.46. The molecule has 2 nitrogen and oxygen atoms in total. The smallest absolute Gasteiger partial charge is 0.119 e. The number of hydrogen-bond donors (Lipinski definition) is 0. The molecule has 1 saturated heterocycles. The van der Waals surface area contributed by atoms with Crippen molar-refractivity contribution >= 4 is 0 Å². The molecule has 0 N–H and O–H groups in total. The van der Waals surface area contributed by atoms with Crippen molar-refractivity contribution in [3.8, 4) is 5.75 Å². The molecule has 1 aromatic rings. The van der Waals surface area contributed by atoms with Gasteiger partial charge < -0.3 is 9.64 Å². The highest BCUT2D eigenvalue weighted by Gasteiger charge is 2.20. The van der Waals surface area contributed by atoms with Gasteiger partial charge in [0.25, 0.3) is 0 Å². The number of aryl methyl sites for hydroxylation is 1. The van der Waals surface area contributed by atoms with Gasteiger partial charge in [-0.2, -0.15) is 0 Å². The van der Waals surface area contributed by atoms with E-state index in [-0.39, 0.29) is 0 Å². The second kappa shape index (κ2) is 4.88. The minimum atomic E-state index is 0.699. The van der Waals surface area contributed by atoms with Crippen molar-refractivity contribution < 1.29 is 4.74 Å². The summed E-state index contributed by atoms with van der Waals surface area (Å²) >= 11 is 0. The first-order valence-corrected chi connectivity index (χ1v) is 6.04. The molecule has 2 rings (SSSR count). The largest absolute Gasteiger partial charge is 0.497 e. The maximum atomic E-state index is 5.25. The van der Waals surface area contributed by atoms with E-state index in [9.17, 15) is 0 Å².